The fourth-order valence-corrected chi connectivity index (χ4v) is 3.65. The van der Waals surface area contributed by atoms with Crippen molar-refractivity contribution in [1.82, 2.24) is 0 Å². The van der Waals surface area contributed by atoms with E-state index in [0.29, 0.717) is 5.69 Å². The second-order valence-corrected chi connectivity index (χ2v) is 6.41. The van der Waals surface area contributed by atoms with Crippen molar-refractivity contribution in [3.8, 4) is 5.75 Å². The number of fused-ring (bicyclic) bond motifs is 1. The van der Waals surface area contributed by atoms with Gasteiger partial charge >= 0.3 is 0 Å². The van der Waals surface area contributed by atoms with Crippen molar-refractivity contribution < 1.29 is 4.74 Å². The number of methoxy groups -OCH3 is 1. The van der Waals surface area contributed by atoms with E-state index < -0.39 is 5.79 Å². The van der Waals surface area contributed by atoms with Gasteiger partial charge in [-0.3, -0.25) is 5.73 Å². The third-order valence-electron chi connectivity index (χ3n) is 4.12. The Bertz CT molecular complexity index is 749. The molecule has 1 aliphatic heterocycles. The summed E-state index contributed by atoms with van der Waals surface area (Å²) >= 11 is 3.49. The zero-order valence-electron chi connectivity index (χ0n) is 12.8. The van der Waals surface area contributed by atoms with E-state index in [2.05, 4.69) is 21.2 Å². The maximum Gasteiger partial charge on any atom is 0.195 e. The lowest BCUT2D eigenvalue weighted by molar-refractivity contribution is 0.390. The molecule has 0 aliphatic carbocycles. The molecular weight excluding hydrogens is 344 g/mol. The Kier molecular flexibility index (Phi) is 3.45. The molecule has 116 valence electrons. The van der Waals surface area contributed by atoms with Gasteiger partial charge in [0.1, 0.15) is 5.75 Å². The van der Waals surface area contributed by atoms with Crippen molar-refractivity contribution in [3.63, 3.8) is 0 Å². The van der Waals surface area contributed by atoms with Crippen molar-refractivity contribution >= 4 is 33.0 Å². The van der Waals surface area contributed by atoms with Crippen LogP contribution in [0.15, 0.2) is 34.8 Å². The first kappa shape index (κ1) is 15.0. The second-order valence-electron chi connectivity index (χ2n) is 5.49. The van der Waals surface area contributed by atoms with Crippen LogP contribution in [0.25, 0.3) is 0 Å². The van der Waals surface area contributed by atoms with Crippen LogP contribution in [0.1, 0.15) is 11.1 Å². The average Bonchev–Trinajstić information content (AvgIpc) is 2.71. The third kappa shape index (κ3) is 2.02. The molecule has 1 unspecified atom stereocenters. The molecule has 22 heavy (non-hydrogen) atoms. The van der Waals surface area contributed by atoms with Crippen molar-refractivity contribution in [2.75, 3.05) is 30.1 Å². The summed E-state index contributed by atoms with van der Waals surface area (Å²) < 4.78 is 6.50. The summed E-state index contributed by atoms with van der Waals surface area (Å²) in [4.78, 5) is 1.95. The fraction of sp³-hybridized carbons (Fsp3) is 0.250. The van der Waals surface area contributed by atoms with Crippen LogP contribution in [0.5, 0.6) is 5.75 Å². The number of nitrogen functional groups attached to an aromatic ring is 1. The molecular formula is C16H19BrN4O. The van der Waals surface area contributed by atoms with E-state index in [1.807, 2.05) is 49.2 Å². The van der Waals surface area contributed by atoms with E-state index >= 15 is 0 Å². The maximum absolute atomic E-state index is 6.73. The van der Waals surface area contributed by atoms with E-state index in [9.17, 15) is 0 Å². The first-order chi connectivity index (χ1) is 10.4. The molecule has 3 rings (SSSR count). The topological polar surface area (TPSA) is 76.5 Å². The summed E-state index contributed by atoms with van der Waals surface area (Å²) in [7, 11) is 3.57. The van der Waals surface area contributed by atoms with Crippen LogP contribution in [0.4, 0.5) is 17.1 Å². The second kappa shape index (κ2) is 5.07. The number of aryl methyl sites for hydroxylation is 1. The zero-order valence-corrected chi connectivity index (χ0v) is 14.4. The van der Waals surface area contributed by atoms with Gasteiger partial charge in [-0.2, -0.15) is 0 Å². The predicted molar refractivity (Wildman–Crippen MR) is 94.2 cm³/mol. The average molecular weight is 363 g/mol. The SMILES string of the molecule is COc1cc(Br)cc(C)c1C1(N)Nc2cccc(N)c2N1C. The van der Waals surface area contributed by atoms with Crippen LogP contribution < -0.4 is 26.4 Å². The highest BCUT2D eigenvalue weighted by Crippen LogP contribution is 2.47. The van der Waals surface area contributed by atoms with Gasteiger partial charge in [-0.25, -0.2) is 0 Å². The number of nitrogens with one attached hydrogen (secondary N) is 1. The summed E-state index contributed by atoms with van der Waals surface area (Å²) in [5, 5.41) is 3.38. The number of ether oxygens (including phenoxy) is 1. The Morgan fingerprint density at radius 2 is 2.05 bits per heavy atom. The van der Waals surface area contributed by atoms with Gasteiger partial charge in [0, 0.05) is 11.5 Å². The third-order valence-corrected chi connectivity index (χ3v) is 4.58. The van der Waals surface area contributed by atoms with Crippen LogP contribution in [0.2, 0.25) is 0 Å². The Labute approximate surface area is 138 Å². The van der Waals surface area contributed by atoms with Gasteiger partial charge < -0.3 is 20.7 Å². The highest BCUT2D eigenvalue weighted by Gasteiger charge is 2.43. The summed E-state index contributed by atoms with van der Waals surface area (Å²) in [5.74, 6) is -0.200. The number of nitrogens with zero attached hydrogens (tertiary/aromatic N) is 1. The summed E-state index contributed by atoms with van der Waals surface area (Å²) in [5.41, 5.74) is 17.3. The minimum atomic E-state index is -0.923. The van der Waals surface area contributed by atoms with E-state index in [0.717, 1.165) is 32.7 Å². The number of nitrogens with two attached hydrogens (primary N) is 2. The molecule has 0 saturated heterocycles. The largest absolute Gasteiger partial charge is 0.496 e. The monoisotopic (exact) mass is 362 g/mol. The highest BCUT2D eigenvalue weighted by atomic mass is 79.9. The van der Waals surface area contributed by atoms with Gasteiger partial charge in [0.15, 0.2) is 5.79 Å². The molecule has 1 atom stereocenters. The Morgan fingerprint density at radius 1 is 1.32 bits per heavy atom. The molecule has 0 amide bonds. The van der Waals surface area contributed by atoms with E-state index in [1.54, 1.807) is 7.11 Å². The molecule has 2 aromatic carbocycles. The first-order valence-electron chi connectivity index (χ1n) is 6.92. The fourth-order valence-electron chi connectivity index (χ4n) is 3.09. The Morgan fingerprint density at radius 3 is 2.68 bits per heavy atom. The van der Waals surface area contributed by atoms with Crippen LogP contribution in [-0.4, -0.2) is 14.2 Å². The molecule has 0 aromatic heterocycles. The van der Waals surface area contributed by atoms with E-state index in [1.165, 1.54) is 0 Å². The van der Waals surface area contributed by atoms with Crippen LogP contribution in [-0.2, 0) is 5.79 Å². The van der Waals surface area contributed by atoms with Crippen LogP contribution in [0.3, 0.4) is 0 Å². The molecule has 0 bridgehead atoms. The predicted octanol–water partition coefficient (Wildman–Crippen LogP) is 2.98. The molecule has 2 aromatic rings. The minimum absolute atomic E-state index is 0.688. The van der Waals surface area contributed by atoms with Crippen LogP contribution >= 0.6 is 15.9 Å². The maximum atomic E-state index is 6.73. The van der Waals surface area contributed by atoms with Gasteiger partial charge in [-0.1, -0.05) is 22.0 Å². The molecule has 0 saturated carbocycles. The number of hydrogen-bond donors (Lipinski definition) is 3. The van der Waals surface area contributed by atoms with E-state index in [4.69, 9.17) is 16.2 Å². The number of benzene rings is 2. The molecule has 1 aliphatic rings. The Hall–Kier alpha value is -1.92. The van der Waals surface area contributed by atoms with Gasteiger partial charge in [0.25, 0.3) is 0 Å². The molecule has 0 spiro atoms. The first-order valence-corrected chi connectivity index (χ1v) is 7.71. The van der Waals surface area contributed by atoms with Crippen molar-refractivity contribution in [1.29, 1.82) is 0 Å². The lowest BCUT2D eigenvalue weighted by Gasteiger charge is -2.36. The van der Waals surface area contributed by atoms with Crippen molar-refractivity contribution in [2.24, 2.45) is 5.73 Å². The number of anilines is 3. The molecule has 0 fully saturated rings. The summed E-state index contributed by atoms with van der Waals surface area (Å²) in [6, 6.07) is 9.69. The van der Waals surface area contributed by atoms with Gasteiger partial charge in [-0.15, -0.1) is 0 Å². The van der Waals surface area contributed by atoms with E-state index in [-0.39, 0.29) is 0 Å². The van der Waals surface area contributed by atoms with Crippen molar-refractivity contribution in [3.05, 3.63) is 45.9 Å². The normalized spacial score (nSPS) is 19.8. The Balaban J connectivity index is 2.20. The number of halogens is 1. The standard InChI is InChI=1S/C16H19BrN4O/c1-9-7-10(17)8-13(22-3)14(9)16(19)20-12-6-4-5-11(18)15(12)21(16)2/h4-8,20H,18-19H2,1-3H3. The molecule has 6 heteroatoms. The van der Waals surface area contributed by atoms with Gasteiger partial charge in [0.05, 0.1) is 29.7 Å². The minimum Gasteiger partial charge on any atom is -0.496 e. The molecule has 1 heterocycles. The molecule has 5 N–H and O–H groups in total. The smallest absolute Gasteiger partial charge is 0.195 e. The number of para-hydroxylation sites is 1. The van der Waals surface area contributed by atoms with Gasteiger partial charge in [0.2, 0.25) is 0 Å². The summed E-state index contributed by atoms with van der Waals surface area (Å²) in [6.45, 7) is 2.01. The number of rotatable bonds is 2. The lowest BCUT2D eigenvalue weighted by atomic mass is 10.00. The lowest BCUT2D eigenvalue weighted by Crippen LogP contribution is -2.54. The molecule has 0 radical (unpaired) electrons. The zero-order chi connectivity index (χ0) is 16.1. The summed E-state index contributed by atoms with van der Waals surface area (Å²) in [6.07, 6.45) is 0. The molecule has 5 nitrogen and oxygen atoms in total. The van der Waals surface area contributed by atoms with Crippen LogP contribution in [0, 0.1) is 6.92 Å². The quantitative estimate of drug-likeness (QED) is 0.716. The number of hydrogen-bond acceptors (Lipinski definition) is 5. The highest BCUT2D eigenvalue weighted by molar-refractivity contribution is 9.10. The van der Waals surface area contributed by atoms with Crippen molar-refractivity contribution in [2.45, 2.75) is 12.7 Å². The van der Waals surface area contributed by atoms with Gasteiger partial charge in [-0.05, 0) is 36.8 Å².